The molecule has 1 fully saturated rings. The van der Waals surface area contributed by atoms with E-state index in [2.05, 4.69) is 23.4 Å². The van der Waals surface area contributed by atoms with Crippen LogP contribution in [0.2, 0.25) is 0 Å². The number of carbonyl (C=O) groups excluding carboxylic acids is 1. The molecule has 0 aliphatic heterocycles. The number of aliphatic hydroxyl groups is 1. The fraction of sp³-hybridized carbons (Fsp3) is 0.412. The molecule has 1 aliphatic rings. The van der Waals surface area contributed by atoms with Crippen LogP contribution in [0.15, 0.2) is 36.0 Å². The normalized spacial score (nSPS) is 19.9. The first kappa shape index (κ1) is 15.2. The maximum absolute atomic E-state index is 12.7. The molecule has 2 atom stereocenters. The van der Waals surface area contributed by atoms with Crippen molar-refractivity contribution in [1.82, 2.24) is 9.88 Å². The van der Waals surface area contributed by atoms with Crippen molar-refractivity contribution in [2.45, 2.75) is 25.8 Å². The third-order valence-electron chi connectivity index (χ3n) is 4.12. The van der Waals surface area contributed by atoms with Crippen molar-refractivity contribution >= 4 is 17.2 Å². The molecule has 0 radical (unpaired) electrons. The Morgan fingerprint density at radius 3 is 3.00 bits per heavy atom. The predicted molar refractivity (Wildman–Crippen MR) is 86.6 cm³/mol. The molecule has 5 heteroatoms. The van der Waals surface area contributed by atoms with Crippen LogP contribution >= 0.6 is 11.3 Å². The number of aryl methyl sites for hydroxylation is 1. The Kier molecular flexibility index (Phi) is 4.55. The number of hydrogen-bond donors (Lipinski definition) is 1. The lowest BCUT2D eigenvalue weighted by Gasteiger charge is -2.22. The average molecular weight is 316 g/mol. The van der Waals surface area contributed by atoms with E-state index in [1.807, 2.05) is 12.1 Å². The molecular weight excluding hydrogens is 296 g/mol. The Hall–Kier alpha value is -1.72. The largest absolute Gasteiger partial charge is 0.395 e. The second-order valence-electron chi connectivity index (χ2n) is 5.76. The fourth-order valence-electron chi connectivity index (χ4n) is 2.86. The molecule has 0 unspecified atom stereocenters. The molecule has 116 valence electrons. The minimum atomic E-state index is -0.0125. The van der Waals surface area contributed by atoms with Crippen molar-refractivity contribution in [2.24, 2.45) is 5.92 Å². The molecule has 0 aromatic carbocycles. The summed E-state index contributed by atoms with van der Waals surface area (Å²) in [5.74, 6) is 0.582. The van der Waals surface area contributed by atoms with E-state index in [-0.39, 0.29) is 18.4 Å². The molecule has 4 nitrogen and oxygen atoms in total. The van der Waals surface area contributed by atoms with Gasteiger partial charge in [-0.2, -0.15) is 0 Å². The number of pyridine rings is 1. The third-order valence-corrected chi connectivity index (χ3v) is 5.27. The van der Waals surface area contributed by atoms with Gasteiger partial charge in [-0.05, 0) is 42.0 Å². The fourth-order valence-corrected chi connectivity index (χ4v) is 3.96. The first-order valence-corrected chi connectivity index (χ1v) is 8.41. The molecule has 2 aromatic heterocycles. The van der Waals surface area contributed by atoms with Crippen LogP contribution in [0, 0.1) is 12.8 Å². The van der Waals surface area contributed by atoms with Crippen LogP contribution in [0.25, 0.3) is 0 Å². The van der Waals surface area contributed by atoms with Crippen molar-refractivity contribution in [3.63, 3.8) is 0 Å². The Bertz CT molecular complexity index is 641. The van der Waals surface area contributed by atoms with Gasteiger partial charge in [0.15, 0.2) is 0 Å². The highest BCUT2D eigenvalue weighted by molar-refractivity contribution is 7.10. The average Bonchev–Trinajstić information content (AvgIpc) is 3.21. The number of aliphatic hydroxyl groups excluding tert-OH is 1. The summed E-state index contributed by atoms with van der Waals surface area (Å²) in [6, 6.07) is 5.94. The number of rotatable bonds is 6. The molecule has 0 saturated heterocycles. The number of hydrogen-bond acceptors (Lipinski definition) is 4. The molecule has 1 saturated carbocycles. The zero-order chi connectivity index (χ0) is 15.5. The number of nitrogens with zero attached hydrogens (tertiary/aromatic N) is 2. The molecule has 2 heterocycles. The van der Waals surface area contributed by atoms with Gasteiger partial charge in [0.2, 0.25) is 5.91 Å². The first-order valence-electron chi connectivity index (χ1n) is 7.53. The van der Waals surface area contributed by atoms with Gasteiger partial charge in [0.05, 0.1) is 6.61 Å². The van der Waals surface area contributed by atoms with E-state index < -0.39 is 0 Å². The van der Waals surface area contributed by atoms with Gasteiger partial charge >= 0.3 is 0 Å². The van der Waals surface area contributed by atoms with E-state index in [1.165, 1.54) is 10.4 Å². The van der Waals surface area contributed by atoms with Gasteiger partial charge in [-0.3, -0.25) is 9.78 Å². The quantitative estimate of drug-likeness (QED) is 0.891. The molecule has 22 heavy (non-hydrogen) atoms. The Morgan fingerprint density at radius 2 is 2.36 bits per heavy atom. The molecule has 1 N–H and O–H groups in total. The monoisotopic (exact) mass is 316 g/mol. The highest BCUT2D eigenvalue weighted by atomic mass is 32.1. The van der Waals surface area contributed by atoms with E-state index in [1.54, 1.807) is 28.6 Å². The highest BCUT2D eigenvalue weighted by Gasteiger charge is 2.46. The molecule has 1 amide bonds. The van der Waals surface area contributed by atoms with Crippen LogP contribution in [-0.2, 0) is 11.3 Å². The summed E-state index contributed by atoms with van der Waals surface area (Å²) in [5, 5.41) is 11.3. The number of aromatic nitrogens is 1. The molecule has 2 aromatic rings. The lowest BCUT2D eigenvalue weighted by molar-refractivity contribution is -0.133. The highest BCUT2D eigenvalue weighted by Crippen LogP contribution is 2.51. The number of carbonyl (C=O) groups is 1. The maximum Gasteiger partial charge on any atom is 0.226 e. The summed E-state index contributed by atoms with van der Waals surface area (Å²) in [7, 11) is 0. The van der Waals surface area contributed by atoms with Gasteiger partial charge in [0, 0.05) is 42.2 Å². The lowest BCUT2D eigenvalue weighted by atomic mass is 10.1. The lowest BCUT2D eigenvalue weighted by Crippen LogP contribution is -2.34. The minimum absolute atomic E-state index is 0.0125. The Morgan fingerprint density at radius 1 is 1.50 bits per heavy atom. The minimum Gasteiger partial charge on any atom is -0.395 e. The van der Waals surface area contributed by atoms with E-state index in [0.717, 1.165) is 12.0 Å². The number of amides is 1. The molecule has 1 aliphatic carbocycles. The van der Waals surface area contributed by atoms with E-state index in [4.69, 9.17) is 0 Å². The van der Waals surface area contributed by atoms with Crippen molar-refractivity contribution in [3.8, 4) is 0 Å². The van der Waals surface area contributed by atoms with Gasteiger partial charge in [-0.15, -0.1) is 11.3 Å². The van der Waals surface area contributed by atoms with Crippen LogP contribution in [0.3, 0.4) is 0 Å². The topological polar surface area (TPSA) is 53.4 Å². The van der Waals surface area contributed by atoms with Crippen LogP contribution in [0.4, 0.5) is 0 Å². The van der Waals surface area contributed by atoms with Crippen molar-refractivity contribution in [2.75, 3.05) is 13.2 Å². The van der Waals surface area contributed by atoms with Crippen LogP contribution in [0.5, 0.6) is 0 Å². The molecular formula is C17H20N2O2S. The van der Waals surface area contributed by atoms with Gasteiger partial charge in [0.25, 0.3) is 0 Å². The summed E-state index contributed by atoms with van der Waals surface area (Å²) >= 11 is 1.74. The zero-order valence-corrected chi connectivity index (χ0v) is 13.4. The van der Waals surface area contributed by atoms with Gasteiger partial charge < -0.3 is 10.0 Å². The van der Waals surface area contributed by atoms with Crippen molar-refractivity contribution < 1.29 is 9.90 Å². The summed E-state index contributed by atoms with van der Waals surface area (Å²) in [5.41, 5.74) is 2.28. The number of thiophene rings is 1. The smallest absolute Gasteiger partial charge is 0.226 e. The van der Waals surface area contributed by atoms with E-state index >= 15 is 0 Å². The Balaban J connectivity index is 1.68. The molecule has 0 bridgehead atoms. The van der Waals surface area contributed by atoms with Crippen LogP contribution in [0.1, 0.15) is 28.3 Å². The van der Waals surface area contributed by atoms with Crippen molar-refractivity contribution in [3.05, 3.63) is 52.0 Å². The van der Waals surface area contributed by atoms with E-state index in [9.17, 15) is 9.90 Å². The standard InChI is InChI=1S/C17H20N2O2S/c1-12-4-8-22-16(12)14-9-15(14)17(21)19(6-7-20)11-13-3-2-5-18-10-13/h2-5,8,10,14-15,20H,6-7,9,11H2,1H3/t14-,15-/m0/s1. The second kappa shape index (κ2) is 6.58. The molecule has 3 rings (SSSR count). The van der Waals surface area contributed by atoms with E-state index in [0.29, 0.717) is 19.0 Å². The molecule has 0 spiro atoms. The predicted octanol–water partition coefficient (Wildman–Crippen LogP) is 2.58. The maximum atomic E-state index is 12.7. The van der Waals surface area contributed by atoms with Crippen LogP contribution in [-0.4, -0.2) is 34.0 Å². The van der Waals surface area contributed by atoms with Gasteiger partial charge in [0.1, 0.15) is 0 Å². The Labute approximate surface area is 134 Å². The van der Waals surface area contributed by atoms with Gasteiger partial charge in [-0.1, -0.05) is 6.07 Å². The first-order chi connectivity index (χ1) is 10.7. The second-order valence-corrected chi connectivity index (χ2v) is 6.71. The third kappa shape index (κ3) is 3.20. The summed E-state index contributed by atoms with van der Waals surface area (Å²) in [4.78, 5) is 19.9. The van der Waals surface area contributed by atoms with Crippen molar-refractivity contribution in [1.29, 1.82) is 0 Å². The summed E-state index contributed by atoms with van der Waals surface area (Å²) in [6.45, 7) is 2.98. The summed E-state index contributed by atoms with van der Waals surface area (Å²) < 4.78 is 0. The summed E-state index contributed by atoms with van der Waals surface area (Å²) in [6.07, 6.45) is 4.42. The van der Waals surface area contributed by atoms with Crippen LogP contribution < -0.4 is 0 Å². The zero-order valence-electron chi connectivity index (χ0n) is 12.6. The SMILES string of the molecule is Cc1ccsc1[C@H]1C[C@@H]1C(=O)N(CCO)Cc1cccnc1. The van der Waals surface area contributed by atoms with Gasteiger partial charge in [-0.25, -0.2) is 0 Å².